The van der Waals surface area contributed by atoms with E-state index in [0.29, 0.717) is 24.1 Å². The van der Waals surface area contributed by atoms with Gasteiger partial charge in [-0.25, -0.2) is 14.2 Å². The Morgan fingerprint density at radius 2 is 2.05 bits per heavy atom. The summed E-state index contributed by atoms with van der Waals surface area (Å²) in [6, 6.07) is 12.8. The summed E-state index contributed by atoms with van der Waals surface area (Å²) in [4.78, 5) is 17.8. The first-order chi connectivity index (χ1) is 17.7. The third-order valence-corrected chi connectivity index (χ3v) is 8.05. The highest BCUT2D eigenvalue weighted by Crippen LogP contribution is 2.46. The number of aryl methyl sites for hydroxylation is 1. The second-order valence-corrected chi connectivity index (χ2v) is 11.0. The molecule has 1 saturated carbocycles. The Hall–Kier alpha value is -3.66. The first-order valence-corrected chi connectivity index (χ1v) is 13.0. The molecule has 2 aliphatic rings. The second-order valence-electron chi connectivity index (χ2n) is 11.0. The van der Waals surface area contributed by atoms with Gasteiger partial charge < -0.3 is 14.2 Å². The van der Waals surface area contributed by atoms with Gasteiger partial charge in [0.1, 0.15) is 22.8 Å². The lowest BCUT2D eigenvalue weighted by atomic mass is 9.76. The molecule has 2 aromatic heterocycles. The van der Waals surface area contributed by atoms with Crippen molar-refractivity contribution in [2.75, 3.05) is 0 Å². The van der Waals surface area contributed by atoms with Crippen LogP contribution in [0.4, 0.5) is 4.39 Å². The molecule has 1 unspecified atom stereocenters. The minimum atomic E-state index is -0.916. The molecule has 0 bridgehead atoms. The number of imidazole rings is 1. The van der Waals surface area contributed by atoms with Crippen LogP contribution in [0.5, 0.6) is 0 Å². The molecule has 0 spiro atoms. The van der Waals surface area contributed by atoms with Crippen LogP contribution < -0.4 is 0 Å². The van der Waals surface area contributed by atoms with Gasteiger partial charge in [0.25, 0.3) is 0 Å². The number of nitriles is 1. The number of nitrogens with zero attached hydrogens (tertiary/aromatic N) is 3. The molecule has 1 aliphatic carbocycles. The second kappa shape index (κ2) is 9.66. The number of aromatic nitrogens is 2. The van der Waals surface area contributed by atoms with Crippen LogP contribution in [0.2, 0.25) is 0 Å². The number of rotatable bonds is 7. The van der Waals surface area contributed by atoms with Crippen LogP contribution in [-0.4, -0.2) is 26.1 Å². The minimum Gasteiger partial charge on any atom is -0.512 e. The normalized spacial score (nSPS) is 20.9. The Morgan fingerprint density at radius 1 is 1.27 bits per heavy atom. The summed E-state index contributed by atoms with van der Waals surface area (Å²) in [5.74, 6) is -0.684. The van der Waals surface area contributed by atoms with E-state index < -0.39 is 22.8 Å². The van der Waals surface area contributed by atoms with Crippen LogP contribution in [0.3, 0.4) is 0 Å². The fraction of sp³-hybridized carbons (Fsp3) is 0.433. The van der Waals surface area contributed by atoms with Gasteiger partial charge in [0.15, 0.2) is 0 Å². The van der Waals surface area contributed by atoms with Gasteiger partial charge in [0, 0.05) is 30.8 Å². The summed E-state index contributed by atoms with van der Waals surface area (Å²) in [5.41, 5.74) is 1.13. The molecular formula is C30H32FN3O3. The molecule has 192 valence electrons. The molecule has 1 fully saturated rings. The Labute approximate surface area is 216 Å². The quantitative estimate of drug-likeness (QED) is 0.393. The molecule has 37 heavy (non-hydrogen) atoms. The third-order valence-electron chi connectivity index (χ3n) is 8.05. The summed E-state index contributed by atoms with van der Waals surface area (Å²) < 4.78 is 22.9. The Kier molecular flexibility index (Phi) is 6.53. The number of esters is 1. The number of hydrogen-bond donors (Lipinski definition) is 1. The van der Waals surface area contributed by atoms with Crippen molar-refractivity contribution in [3.63, 3.8) is 0 Å². The van der Waals surface area contributed by atoms with Crippen LogP contribution in [0, 0.1) is 23.1 Å². The van der Waals surface area contributed by atoms with E-state index in [1.165, 1.54) is 6.07 Å². The lowest BCUT2D eigenvalue weighted by molar-refractivity contribution is -0.167. The van der Waals surface area contributed by atoms with Gasteiger partial charge in [0.05, 0.1) is 22.8 Å². The van der Waals surface area contributed by atoms with E-state index in [1.807, 2.05) is 41.1 Å². The molecule has 0 amide bonds. The van der Waals surface area contributed by atoms with E-state index in [9.17, 15) is 19.6 Å². The summed E-state index contributed by atoms with van der Waals surface area (Å²) in [7, 11) is 0. The minimum absolute atomic E-state index is 0.0671. The number of aliphatic hydroxyl groups is 1. The zero-order chi connectivity index (χ0) is 26.2. The van der Waals surface area contributed by atoms with Crippen molar-refractivity contribution in [1.82, 2.24) is 9.38 Å². The van der Waals surface area contributed by atoms with Crippen molar-refractivity contribution in [2.45, 2.75) is 76.2 Å². The average molecular weight is 502 g/mol. The monoisotopic (exact) mass is 501 g/mol. The summed E-state index contributed by atoms with van der Waals surface area (Å²) in [6.45, 7) is 3.39. The highest BCUT2D eigenvalue weighted by atomic mass is 19.1. The van der Waals surface area contributed by atoms with Crippen LogP contribution >= 0.6 is 0 Å². The fourth-order valence-corrected chi connectivity index (χ4v) is 5.88. The van der Waals surface area contributed by atoms with E-state index in [4.69, 9.17) is 4.74 Å². The zero-order valence-electron chi connectivity index (χ0n) is 21.3. The highest BCUT2D eigenvalue weighted by Gasteiger charge is 2.48. The zero-order valence-corrected chi connectivity index (χ0v) is 21.3. The number of hydrogen-bond acceptors (Lipinski definition) is 5. The number of carbonyl (C=O) groups excluding carboxylic acids is 1. The lowest BCUT2D eigenvalue weighted by Crippen LogP contribution is -2.46. The van der Waals surface area contributed by atoms with Crippen LogP contribution in [0.25, 0.3) is 5.65 Å². The first-order valence-electron chi connectivity index (χ1n) is 13.0. The average Bonchev–Trinajstić information content (AvgIpc) is 3.55. The van der Waals surface area contributed by atoms with E-state index in [1.54, 1.807) is 19.9 Å². The molecule has 7 heteroatoms. The van der Waals surface area contributed by atoms with Gasteiger partial charge >= 0.3 is 5.97 Å². The van der Waals surface area contributed by atoms with Crippen molar-refractivity contribution >= 4 is 11.6 Å². The van der Waals surface area contributed by atoms with Crippen molar-refractivity contribution in [2.24, 2.45) is 5.92 Å². The molecule has 3 aromatic rings. The standard InChI is InChI=1S/C30H32FN3O3/c1-29(2,19-32)24-11-10-20(15-25(24)31)12-13-30(21-7-3-4-8-21)17-26(35)23(28(36)37-30)16-22-18-34-14-6-5-9-27(34)33-22/h5-6,9-11,14-15,18,21,35H,3-4,7-8,12-13,16-17H2,1-2H3. The van der Waals surface area contributed by atoms with E-state index in [-0.39, 0.29) is 30.1 Å². The molecule has 6 nitrogen and oxygen atoms in total. The molecule has 0 saturated heterocycles. The predicted molar refractivity (Wildman–Crippen MR) is 137 cm³/mol. The molecule has 0 radical (unpaired) electrons. The maximum Gasteiger partial charge on any atom is 0.338 e. The van der Waals surface area contributed by atoms with Gasteiger partial charge in [-0.05, 0) is 69.2 Å². The maximum atomic E-state index is 14.9. The summed E-state index contributed by atoms with van der Waals surface area (Å²) in [5, 5.41) is 20.5. The number of benzene rings is 1. The lowest BCUT2D eigenvalue weighted by Gasteiger charge is -2.42. The molecule has 3 heterocycles. The van der Waals surface area contributed by atoms with Crippen LogP contribution in [0.1, 0.15) is 69.2 Å². The smallest absolute Gasteiger partial charge is 0.338 e. The van der Waals surface area contributed by atoms with E-state index >= 15 is 0 Å². The van der Waals surface area contributed by atoms with Crippen molar-refractivity contribution in [3.8, 4) is 6.07 Å². The highest BCUT2D eigenvalue weighted by molar-refractivity contribution is 5.90. The summed E-state index contributed by atoms with van der Waals surface area (Å²) in [6.07, 6.45) is 9.21. The molecule has 5 rings (SSSR count). The number of ether oxygens (including phenoxy) is 1. The number of carbonyl (C=O) groups is 1. The number of halogens is 1. The molecule has 1 aromatic carbocycles. The molecule has 1 aliphatic heterocycles. The van der Waals surface area contributed by atoms with Gasteiger partial charge in [-0.1, -0.05) is 31.0 Å². The fourth-order valence-electron chi connectivity index (χ4n) is 5.88. The SMILES string of the molecule is CC(C)(C#N)c1ccc(CCC2(C3CCCC3)CC(O)=C(Cc3cn4ccccc4n3)C(=O)O2)cc1F. The number of cyclic esters (lactones) is 1. The van der Waals surface area contributed by atoms with Crippen molar-refractivity contribution < 1.29 is 19.0 Å². The molecule has 1 N–H and O–H groups in total. The largest absolute Gasteiger partial charge is 0.512 e. The maximum absolute atomic E-state index is 14.9. The van der Waals surface area contributed by atoms with E-state index in [2.05, 4.69) is 11.1 Å². The van der Waals surface area contributed by atoms with Crippen molar-refractivity contribution in [1.29, 1.82) is 5.26 Å². The van der Waals surface area contributed by atoms with Gasteiger partial charge in [-0.2, -0.15) is 5.26 Å². The summed E-state index contributed by atoms with van der Waals surface area (Å²) >= 11 is 0. The number of pyridine rings is 1. The predicted octanol–water partition coefficient (Wildman–Crippen LogP) is 6.14. The van der Waals surface area contributed by atoms with Crippen molar-refractivity contribution in [3.05, 3.63) is 82.8 Å². The van der Waals surface area contributed by atoms with Crippen LogP contribution in [0.15, 0.2) is 60.1 Å². The third kappa shape index (κ3) is 4.85. The number of aliphatic hydroxyl groups excluding tert-OH is 1. The van der Waals surface area contributed by atoms with Crippen LogP contribution in [-0.2, 0) is 27.8 Å². The van der Waals surface area contributed by atoms with Gasteiger partial charge in [-0.3, -0.25) is 0 Å². The van der Waals surface area contributed by atoms with E-state index in [0.717, 1.165) is 36.9 Å². The topological polar surface area (TPSA) is 87.6 Å². The first kappa shape index (κ1) is 25.0. The molecule has 1 atom stereocenters. The van der Waals surface area contributed by atoms with Gasteiger partial charge in [0.2, 0.25) is 0 Å². The Bertz CT molecular complexity index is 1380. The number of fused-ring (bicyclic) bond motifs is 1. The molecular weight excluding hydrogens is 469 g/mol. The Morgan fingerprint density at radius 3 is 2.73 bits per heavy atom. The van der Waals surface area contributed by atoms with Gasteiger partial charge in [-0.15, -0.1) is 0 Å². The Balaban J connectivity index is 1.38.